The Hall–Kier alpha value is -0.570. The van der Waals surface area contributed by atoms with Crippen molar-refractivity contribution >= 4 is 5.97 Å². The van der Waals surface area contributed by atoms with Crippen molar-refractivity contribution in [3.8, 4) is 0 Å². The van der Waals surface area contributed by atoms with Crippen molar-refractivity contribution in [2.24, 2.45) is 5.92 Å². The van der Waals surface area contributed by atoms with Crippen molar-refractivity contribution < 1.29 is 14.6 Å². The fourth-order valence-electron chi connectivity index (χ4n) is 1.47. The SMILES string of the molecule is CC(C)CCCC(=O)OCCCCCC[O]. The van der Waals surface area contributed by atoms with Crippen LogP contribution in [0.1, 0.15) is 58.8 Å². The van der Waals surface area contributed by atoms with E-state index in [1.165, 1.54) is 0 Å². The summed E-state index contributed by atoms with van der Waals surface area (Å²) >= 11 is 0. The molecule has 0 N–H and O–H groups in total. The number of rotatable bonds is 10. The topological polar surface area (TPSA) is 46.2 Å². The lowest BCUT2D eigenvalue weighted by Crippen LogP contribution is -2.06. The third kappa shape index (κ3) is 11.5. The van der Waals surface area contributed by atoms with E-state index in [9.17, 15) is 9.90 Å². The minimum Gasteiger partial charge on any atom is -0.466 e. The highest BCUT2D eigenvalue weighted by molar-refractivity contribution is 5.69. The second kappa shape index (κ2) is 10.9. The largest absolute Gasteiger partial charge is 0.466 e. The van der Waals surface area contributed by atoms with Gasteiger partial charge in [0.05, 0.1) is 13.2 Å². The Morgan fingerprint density at radius 2 is 1.75 bits per heavy atom. The maximum atomic E-state index is 11.2. The van der Waals surface area contributed by atoms with Gasteiger partial charge in [-0.15, -0.1) is 0 Å². The van der Waals surface area contributed by atoms with Crippen LogP contribution in [0.25, 0.3) is 0 Å². The molecule has 95 valence electrons. The monoisotopic (exact) mass is 229 g/mol. The lowest BCUT2D eigenvalue weighted by molar-refractivity contribution is -0.143. The van der Waals surface area contributed by atoms with Gasteiger partial charge in [-0.3, -0.25) is 4.79 Å². The van der Waals surface area contributed by atoms with E-state index in [2.05, 4.69) is 13.8 Å². The summed E-state index contributed by atoms with van der Waals surface area (Å²) in [5.74, 6) is 0.573. The maximum Gasteiger partial charge on any atom is 0.305 e. The number of ether oxygens (including phenoxy) is 1. The van der Waals surface area contributed by atoms with Crippen LogP contribution in [0.4, 0.5) is 0 Å². The van der Waals surface area contributed by atoms with Crippen LogP contribution in [0, 0.1) is 5.92 Å². The van der Waals surface area contributed by atoms with E-state index in [1.807, 2.05) is 0 Å². The summed E-state index contributed by atoms with van der Waals surface area (Å²) in [6, 6.07) is 0. The lowest BCUT2D eigenvalue weighted by Gasteiger charge is -2.05. The summed E-state index contributed by atoms with van der Waals surface area (Å²) in [7, 11) is 0. The molecule has 0 bridgehead atoms. The molecule has 0 aromatic carbocycles. The molecule has 3 nitrogen and oxygen atoms in total. The number of esters is 1. The van der Waals surface area contributed by atoms with Crippen LogP contribution in [0.2, 0.25) is 0 Å². The highest BCUT2D eigenvalue weighted by Crippen LogP contribution is 2.07. The molecule has 0 unspecified atom stereocenters. The molecule has 0 saturated carbocycles. The van der Waals surface area contributed by atoms with Gasteiger partial charge in [0.2, 0.25) is 0 Å². The van der Waals surface area contributed by atoms with E-state index in [1.54, 1.807) is 0 Å². The van der Waals surface area contributed by atoms with E-state index in [0.29, 0.717) is 18.9 Å². The zero-order chi connectivity index (χ0) is 12.2. The van der Waals surface area contributed by atoms with Gasteiger partial charge in [0, 0.05) is 6.42 Å². The number of hydrogen-bond donors (Lipinski definition) is 0. The normalized spacial score (nSPS) is 10.8. The van der Waals surface area contributed by atoms with Crippen molar-refractivity contribution in [2.75, 3.05) is 13.2 Å². The molecule has 0 aromatic heterocycles. The average molecular weight is 229 g/mol. The summed E-state index contributed by atoms with van der Waals surface area (Å²) in [5.41, 5.74) is 0. The Kier molecular flexibility index (Phi) is 10.5. The van der Waals surface area contributed by atoms with Crippen molar-refractivity contribution in [1.29, 1.82) is 0 Å². The predicted molar refractivity (Wildman–Crippen MR) is 63.7 cm³/mol. The molecule has 0 amide bonds. The van der Waals surface area contributed by atoms with Gasteiger partial charge < -0.3 is 4.74 Å². The van der Waals surface area contributed by atoms with Gasteiger partial charge in [-0.25, -0.2) is 5.11 Å². The Morgan fingerprint density at radius 1 is 1.06 bits per heavy atom. The molecule has 3 heteroatoms. The van der Waals surface area contributed by atoms with Crippen molar-refractivity contribution in [2.45, 2.75) is 58.8 Å². The maximum absolute atomic E-state index is 11.2. The first-order valence-electron chi connectivity index (χ1n) is 6.40. The fourth-order valence-corrected chi connectivity index (χ4v) is 1.47. The van der Waals surface area contributed by atoms with Gasteiger partial charge in [-0.2, -0.15) is 0 Å². The second-order valence-corrected chi connectivity index (χ2v) is 4.62. The van der Waals surface area contributed by atoms with Gasteiger partial charge >= 0.3 is 5.97 Å². The molecule has 0 spiro atoms. The Balaban J connectivity index is 3.17. The number of carbonyl (C=O) groups excluding carboxylic acids is 1. The fraction of sp³-hybridized carbons (Fsp3) is 0.923. The summed E-state index contributed by atoms with van der Waals surface area (Å²) in [5, 5.41) is 10.2. The van der Waals surface area contributed by atoms with Gasteiger partial charge in [0.25, 0.3) is 0 Å². The molecular weight excluding hydrogens is 204 g/mol. The number of hydrogen-bond acceptors (Lipinski definition) is 2. The molecule has 16 heavy (non-hydrogen) atoms. The second-order valence-electron chi connectivity index (χ2n) is 4.62. The van der Waals surface area contributed by atoms with Crippen LogP contribution in [-0.4, -0.2) is 19.2 Å². The molecule has 0 heterocycles. The minimum absolute atomic E-state index is 0.00892. The highest BCUT2D eigenvalue weighted by atomic mass is 16.5. The Labute approximate surface area is 99.2 Å². The molecule has 0 aliphatic heterocycles. The number of unbranched alkanes of at least 4 members (excludes halogenated alkanes) is 3. The molecular formula is C13H25O3. The minimum atomic E-state index is -0.0792. The number of carbonyl (C=O) groups is 1. The third-order valence-electron chi connectivity index (χ3n) is 2.46. The first-order chi connectivity index (χ1) is 7.66. The smallest absolute Gasteiger partial charge is 0.305 e. The Bertz CT molecular complexity index is 167. The van der Waals surface area contributed by atoms with Crippen LogP contribution in [0.5, 0.6) is 0 Å². The van der Waals surface area contributed by atoms with E-state index < -0.39 is 0 Å². The van der Waals surface area contributed by atoms with Crippen molar-refractivity contribution in [3.05, 3.63) is 0 Å². The summed E-state index contributed by atoms with van der Waals surface area (Å²) in [4.78, 5) is 11.2. The van der Waals surface area contributed by atoms with Crippen LogP contribution < -0.4 is 0 Å². The van der Waals surface area contributed by atoms with Crippen LogP contribution in [-0.2, 0) is 14.6 Å². The zero-order valence-corrected chi connectivity index (χ0v) is 10.7. The molecule has 1 radical (unpaired) electrons. The van der Waals surface area contributed by atoms with Crippen LogP contribution in [0.15, 0.2) is 0 Å². The first kappa shape index (κ1) is 15.4. The zero-order valence-electron chi connectivity index (χ0n) is 10.7. The molecule has 0 aliphatic carbocycles. The average Bonchev–Trinajstić information content (AvgIpc) is 2.22. The van der Waals surface area contributed by atoms with Crippen molar-refractivity contribution in [1.82, 2.24) is 0 Å². The van der Waals surface area contributed by atoms with Crippen molar-refractivity contribution in [3.63, 3.8) is 0 Å². The van der Waals surface area contributed by atoms with Gasteiger partial charge in [0.1, 0.15) is 0 Å². The van der Waals surface area contributed by atoms with Gasteiger partial charge in [0.15, 0.2) is 0 Å². The lowest BCUT2D eigenvalue weighted by atomic mass is 10.1. The first-order valence-corrected chi connectivity index (χ1v) is 6.40. The third-order valence-corrected chi connectivity index (χ3v) is 2.46. The van der Waals surface area contributed by atoms with Crippen LogP contribution in [0.3, 0.4) is 0 Å². The summed E-state index contributed by atoms with van der Waals surface area (Å²) in [6.07, 6.45) is 6.11. The highest BCUT2D eigenvalue weighted by Gasteiger charge is 2.03. The molecule has 0 atom stereocenters. The Morgan fingerprint density at radius 3 is 2.38 bits per heavy atom. The molecule has 0 saturated heterocycles. The standard InChI is InChI=1S/C13H25O3/c1-12(2)8-7-9-13(15)16-11-6-4-3-5-10-14/h12H,3-11H2,1-2H3. The molecule has 0 aliphatic rings. The van der Waals surface area contributed by atoms with E-state index in [4.69, 9.17) is 4.74 Å². The van der Waals surface area contributed by atoms with Crippen LogP contribution >= 0.6 is 0 Å². The summed E-state index contributed by atoms with van der Waals surface area (Å²) in [6.45, 7) is 4.83. The van der Waals surface area contributed by atoms with Gasteiger partial charge in [-0.1, -0.05) is 26.7 Å². The summed E-state index contributed by atoms with van der Waals surface area (Å²) < 4.78 is 5.09. The van der Waals surface area contributed by atoms with E-state index >= 15 is 0 Å². The molecule has 0 aromatic rings. The predicted octanol–water partition coefficient (Wildman–Crippen LogP) is 3.35. The molecule has 0 rings (SSSR count). The van der Waals surface area contributed by atoms with Gasteiger partial charge in [-0.05, 0) is 31.6 Å². The van der Waals surface area contributed by atoms with E-state index in [0.717, 1.165) is 38.5 Å². The molecule has 0 fully saturated rings. The van der Waals surface area contributed by atoms with E-state index in [-0.39, 0.29) is 12.6 Å². The quantitative estimate of drug-likeness (QED) is 0.426.